The van der Waals surface area contributed by atoms with E-state index in [4.69, 9.17) is 16.3 Å². The quantitative estimate of drug-likeness (QED) is 0.671. The normalized spacial score (nSPS) is 20.9. The minimum atomic E-state index is -1.21. The topological polar surface area (TPSA) is 58.9 Å². The first-order chi connectivity index (χ1) is 9.48. The van der Waals surface area contributed by atoms with E-state index in [2.05, 4.69) is 4.99 Å². The average molecular weight is 294 g/mol. The molecule has 0 radical (unpaired) electrons. The lowest BCUT2D eigenvalue weighted by Gasteiger charge is -2.16. The fourth-order valence-electron chi connectivity index (χ4n) is 1.99. The van der Waals surface area contributed by atoms with Gasteiger partial charge in [-0.1, -0.05) is 23.7 Å². The van der Waals surface area contributed by atoms with Crippen molar-refractivity contribution in [3.8, 4) is 0 Å². The number of ether oxygens (including phenoxy) is 1. The Morgan fingerprint density at radius 3 is 2.75 bits per heavy atom. The predicted octanol–water partition coefficient (Wildman–Crippen LogP) is 2.84. The molecule has 0 fully saturated rings. The number of halogens is 1. The molecule has 1 N–H and O–H groups in total. The summed E-state index contributed by atoms with van der Waals surface area (Å²) in [5, 5.41) is 11.0. The number of aliphatic imine (C=N–C) groups is 1. The highest BCUT2D eigenvalue weighted by atomic mass is 35.5. The SMILES string of the molecule is CC(=O)OCCCC1(O)C=C(c2ccc(Cl)cc2)C=N1. The number of carbonyl (C=O) groups is 1. The van der Waals surface area contributed by atoms with Crippen molar-refractivity contribution in [3.05, 3.63) is 40.9 Å². The van der Waals surface area contributed by atoms with Crippen molar-refractivity contribution in [3.63, 3.8) is 0 Å². The zero-order valence-electron chi connectivity index (χ0n) is 11.2. The molecule has 1 aromatic carbocycles. The van der Waals surface area contributed by atoms with Crippen molar-refractivity contribution >= 4 is 29.4 Å². The van der Waals surface area contributed by atoms with E-state index in [0.29, 0.717) is 17.9 Å². The second kappa shape index (κ2) is 6.20. The van der Waals surface area contributed by atoms with E-state index in [1.165, 1.54) is 6.92 Å². The van der Waals surface area contributed by atoms with Gasteiger partial charge in [0.1, 0.15) is 0 Å². The summed E-state index contributed by atoms with van der Waals surface area (Å²) in [5.41, 5.74) is 0.598. The second-order valence-corrected chi connectivity index (χ2v) is 5.12. The molecule has 1 aliphatic rings. The van der Waals surface area contributed by atoms with Gasteiger partial charge in [0.2, 0.25) is 0 Å². The van der Waals surface area contributed by atoms with Gasteiger partial charge in [-0.3, -0.25) is 9.79 Å². The van der Waals surface area contributed by atoms with Crippen LogP contribution in [-0.4, -0.2) is 29.6 Å². The summed E-state index contributed by atoms with van der Waals surface area (Å²) < 4.78 is 4.83. The highest BCUT2D eigenvalue weighted by Crippen LogP contribution is 2.28. The van der Waals surface area contributed by atoms with E-state index in [9.17, 15) is 9.90 Å². The summed E-state index contributed by atoms with van der Waals surface area (Å²) in [5.74, 6) is -0.315. The Morgan fingerprint density at radius 2 is 2.10 bits per heavy atom. The average Bonchev–Trinajstić information content (AvgIpc) is 2.79. The maximum Gasteiger partial charge on any atom is 0.302 e. The third-order valence-corrected chi connectivity index (χ3v) is 3.24. The number of hydrogen-bond acceptors (Lipinski definition) is 4. The molecule has 20 heavy (non-hydrogen) atoms. The Kier molecular flexibility index (Phi) is 4.57. The van der Waals surface area contributed by atoms with E-state index >= 15 is 0 Å². The van der Waals surface area contributed by atoms with Gasteiger partial charge in [0.15, 0.2) is 5.72 Å². The van der Waals surface area contributed by atoms with Gasteiger partial charge in [0, 0.05) is 30.2 Å². The van der Waals surface area contributed by atoms with Crippen molar-refractivity contribution < 1.29 is 14.6 Å². The van der Waals surface area contributed by atoms with E-state index in [-0.39, 0.29) is 12.6 Å². The lowest BCUT2D eigenvalue weighted by atomic mass is 10.0. The number of carbonyl (C=O) groups excluding carboxylic acids is 1. The number of aliphatic hydroxyl groups is 1. The molecule has 1 heterocycles. The molecular weight excluding hydrogens is 278 g/mol. The molecule has 0 saturated heterocycles. The van der Waals surface area contributed by atoms with Crippen LogP contribution in [0, 0.1) is 0 Å². The maximum absolute atomic E-state index is 10.6. The highest BCUT2D eigenvalue weighted by molar-refractivity contribution is 6.30. The Hall–Kier alpha value is -1.65. The largest absolute Gasteiger partial charge is 0.466 e. The lowest BCUT2D eigenvalue weighted by Crippen LogP contribution is -2.21. The van der Waals surface area contributed by atoms with Crippen molar-refractivity contribution in [1.29, 1.82) is 0 Å². The van der Waals surface area contributed by atoms with Crippen LogP contribution in [0.1, 0.15) is 25.3 Å². The van der Waals surface area contributed by atoms with Crippen LogP contribution in [0.2, 0.25) is 5.02 Å². The van der Waals surface area contributed by atoms with Crippen molar-refractivity contribution in [2.45, 2.75) is 25.5 Å². The molecule has 0 aliphatic carbocycles. The van der Waals surface area contributed by atoms with Gasteiger partial charge < -0.3 is 9.84 Å². The summed E-state index contributed by atoms with van der Waals surface area (Å²) in [7, 11) is 0. The number of benzene rings is 1. The predicted molar refractivity (Wildman–Crippen MR) is 78.7 cm³/mol. The molecular formula is C15H16ClNO3. The van der Waals surface area contributed by atoms with Gasteiger partial charge in [-0.05, 0) is 30.2 Å². The molecule has 106 valence electrons. The maximum atomic E-state index is 10.6. The highest BCUT2D eigenvalue weighted by Gasteiger charge is 2.27. The number of rotatable bonds is 5. The van der Waals surface area contributed by atoms with E-state index in [0.717, 1.165) is 11.1 Å². The molecule has 0 amide bonds. The van der Waals surface area contributed by atoms with Gasteiger partial charge in [0.05, 0.1) is 6.61 Å². The van der Waals surface area contributed by atoms with Gasteiger partial charge in [-0.25, -0.2) is 0 Å². The van der Waals surface area contributed by atoms with E-state index in [1.54, 1.807) is 24.4 Å². The Morgan fingerprint density at radius 1 is 1.40 bits per heavy atom. The third kappa shape index (κ3) is 3.92. The second-order valence-electron chi connectivity index (χ2n) is 4.69. The Bertz CT molecular complexity index is 551. The van der Waals surface area contributed by atoms with Crippen LogP contribution in [0.15, 0.2) is 35.3 Å². The van der Waals surface area contributed by atoms with Crippen LogP contribution in [0.25, 0.3) is 5.57 Å². The molecule has 4 nitrogen and oxygen atoms in total. The van der Waals surface area contributed by atoms with Crippen LogP contribution in [0.3, 0.4) is 0 Å². The summed E-state index contributed by atoms with van der Waals surface area (Å²) >= 11 is 5.84. The number of esters is 1. The first-order valence-corrected chi connectivity index (χ1v) is 6.76. The van der Waals surface area contributed by atoms with Crippen LogP contribution < -0.4 is 0 Å². The summed E-state index contributed by atoms with van der Waals surface area (Å²) in [6.07, 6.45) is 4.32. The lowest BCUT2D eigenvalue weighted by molar-refractivity contribution is -0.141. The zero-order chi connectivity index (χ0) is 14.6. The number of nitrogens with zero attached hydrogens (tertiary/aromatic N) is 1. The Labute approximate surface area is 122 Å². The first-order valence-electron chi connectivity index (χ1n) is 6.38. The van der Waals surface area contributed by atoms with Gasteiger partial charge in [-0.15, -0.1) is 0 Å². The van der Waals surface area contributed by atoms with Crippen molar-refractivity contribution in [2.75, 3.05) is 6.61 Å². The molecule has 0 bridgehead atoms. The minimum Gasteiger partial charge on any atom is -0.466 e. The number of allylic oxidation sites excluding steroid dienone is 1. The molecule has 0 saturated carbocycles. The van der Waals surface area contributed by atoms with Crippen LogP contribution in [-0.2, 0) is 9.53 Å². The summed E-state index contributed by atoms with van der Waals surface area (Å²) in [4.78, 5) is 14.8. The van der Waals surface area contributed by atoms with Crippen molar-refractivity contribution in [1.82, 2.24) is 0 Å². The number of hydrogen-bond donors (Lipinski definition) is 1. The molecule has 1 aliphatic heterocycles. The summed E-state index contributed by atoms with van der Waals surface area (Å²) in [6.45, 7) is 1.65. The van der Waals surface area contributed by atoms with Crippen LogP contribution >= 0.6 is 11.6 Å². The third-order valence-electron chi connectivity index (χ3n) is 2.99. The Balaban J connectivity index is 1.96. The van der Waals surface area contributed by atoms with Gasteiger partial charge in [0.25, 0.3) is 0 Å². The molecule has 0 aromatic heterocycles. The van der Waals surface area contributed by atoms with Gasteiger partial charge in [-0.2, -0.15) is 0 Å². The molecule has 0 spiro atoms. The first kappa shape index (κ1) is 14.8. The monoisotopic (exact) mass is 293 g/mol. The fraction of sp³-hybridized carbons (Fsp3) is 0.333. The summed E-state index contributed by atoms with van der Waals surface area (Å²) in [6, 6.07) is 7.35. The molecule has 2 rings (SSSR count). The standard InChI is InChI=1S/C15H16ClNO3/c1-11(18)20-8-2-7-15(19)9-13(10-17-15)12-3-5-14(16)6-4-12/h3-6,9-10,19H,2,7-8H2,1H3. The zero-order valence-corrected chi connectivity index (χ0v) is 11.9. The van der Waals surface area contributed by atoms with Crippen LogP contribution in [0.5, 0.6) is 0 Å². The smallest absolute Gasteiger partial charge is 0.302 e. The van der Waals surface area contributed by atoms with Crippen LogP contribution in [0.4, 0.5) is 0 Å². The van der Waals surface area contributed by atoms with E-state index < -0.39 is 5.72 Å². The molecule has 5 heteroatoms. The molecule has 1 unspecified atom stereocenters. The van der Waals surface area contributed by atoms with E-state index in [1.807, 2.05) is 12.1 Å². The fourth-order valence-corrected chi connectivity index (χ4v) is 2.12. The molecule has 1 atom stereocenters. The van der Waals surface area contributed by atoms with Gasteiger partial charge >= 0.3 is 5.97 Å². The minimum absolute atomic E-state index is 0.289. The van der Waals surface area contributed by atoms with Crippen molar-refractivity contribution in [2.24, 2.45) is 4.99 Å². The molecule has 1 aromatic rings.